The van der Waals surface area contributed by atoms with Gasteiger partial charge in [0.25, 0.3) is 0 Å². The van der Waals surface area contributed by atoms with Gasteiger partial charge in [-0.2, -0.15) is 0 Å². The summed E-state index contributed by atoms with van der Waals surface area (Å²) in [6.07, 6.45) is -0.587. The third kappa shape index (κ3) is 4.94. The molecule has 1 unspecified atom stereocenters. The summed E-state index contributed by atoms with van der Waals surface area (Å²) in [5.74, 6) is -0.587. The maximum atomic E-state index is 13.1. The van der Waals surface area contributed by atoms with Crippen molar-refractivity contribution in [2.24, 2.45) is 5.73 Å². The van der Waals surface area contributed by atoms with Gasteiger partial charge < -0.3 is 15.6 Å². The number of nitrogens with zero attached hydrogens (tertiary/aromatic N) is 1. The van der Waals surface area contributed by atoms with Crippen molar-refractivity contribution in [3.05, 3.63) is 35.1 Å². The number of benzene rings is 1. The first kappa shape index (κ1) is 15.6. The van der Waals surface area contributed by atoms with E-state index in [9.17, 15) is 9.50 Å². The summed E-state index contributed by atoms with van der Waals surface area (Å²) in [7, 11) is 3.35. The lowest BCUT2D eigenvalue weighted by Crippen LogP contribution is -2.32. The van der Waals surface area contributed by atoms with Crippen LogP contribution in [0.15, 0.2) is 18.2 Å². The smallest absolute Gasteiger partial charge is 0.123 e. The molecule has 1 rings (SSSR count). The first-order valence-electron chi connectivity index (χ1n) is 5.92. The van der Waals surface area contributed by atoms with E-state index >= 15 is 0 Å². The maximum Gasteiger partial charge on any atom is 0.123 e. The Morgan fingerprint density at radius 3 is 2.84 bits per heavy atom. The summed E-state index contributed by atoms with van der Waals surface area (Å²) >= 11 is 0. The molecule has 0 aliphatic carbocycles. The molecule has 1 aromatic carbocycles. The highest BCUT2D eigenvalue weighted by Gasteiger charge is 2.12. The molecule has 19 heavy (non-hydrogen) atoms. The standard InChI is InChI=1S/C13H20FN3O2/c1-17(7-11(18)8-19-2)6-9-3-4-10(14)5-12(9)13(15)16/h3-5,11,18H,6-8H2,1-2H3,(H3,15,16). The second kappa shape index (κ2) is 7.18. The van der Waals surface area contributed by atoms with Gasteiger partial charge in [0.05, 0.1) is 12.7 Å². The number of hydrogen-bond donors (Lipinski definition) is 3. The van der Waals surface area contributed by atoms with Crippen molar-refractivity contribution in [2.75, 3.05) is 27.3 Å². The number of methoxy groups -OCH3 is 1. The molecule has 0 spiro atoms. The molecule has 0 heterocycles. The zero-order valence-corrected chi connectivity index (χ0v) is 11.2. The lowest BCUT2D eigenvalue weighted by molar-refractivity contribution is 0.0418. The van der Waals surface area contributed by atoms with Gasteiger partial charge in [0, 0.05) is 25.8 Å². The number of likely N-dealkylation sites (N-methyl/N-ethyl adjacent to an activating group) is 1. The summed E-state index contributed by atoms with van der Waals surface area (Å²) in [6, 6.07) is 4.18. The number of hydrogen-bond acceptors (Lipinski definition) is 4. The minimum atomic E-state index is -0.587. The van der Waals surface area contributed by atoms with Crippen LogP contribution in [0.3, 0.4) is 0 Å². The predicted molar refractivity (Wildman–Crippen MR) is 71.6 cm³/mol. The second-order valence-corrected chi connectivity index (χ2v) is 4.52. The molecule has 0 radical (unpaired) electrons. The van der Waals surface area contributed by atoms with Crippen LogP contribution in [0.5, 0.6) is 0 Å². The summed E-state index contributed by atoms with van der Waals surface area (Å²) in [5, 5.41) is 17.1. The maximum absolute atomic E-state index is 13.1. The fraction of sp³-hybridized carbons (Fsp3) is 0.462. The van der Waals surface area contributed by atoms with Crippen LogP contribution < -0.4 is 5.73 Å². The molecular formula is C13H20FN3O2. The van der Waals surface area contributed by atoms with Gasteiger partial charge >= 0.3 is 0 Å². The van der Waals surface area contributed by atoms with Crippen molar-refractivity contribution in [3.63, 3.8) is 0 Å². The van der Waals surface area contributed by atoms with Gasteiger partial charge in [-0.05, 0) is 24.7 Å². The first-order chi connectivity index (χ1) is 8.93. The van der Waals surface area contributed by atoms with Crippen molar-refractivity contribution in [3.8, 4) is 0 Å². The Bertz CT molecular complexity index is 440. The molecule has 0 aromatic heterocycles. The normalized spacial score (nSPS) is 12.7. The average Bonchev–Trinajstić information content (AvgIpc) is 2.31. The Morgan fingerprint density at radius 1 is 1.58 bits per heavy atom. The number of nitrogens with two attached hydrogens (primary N) is 1. The molecule has 1 atom stereocenters. The first-order valence-corrected chi connectivity index (χ1v) is 5.92. The van der Waals surface area contributed by atoms with E-state index < -0.39 is 11.9 Å². The highest BCUT2D eigenvalue weighted by atomic mass is 19.1. The molecule has 0 fully saturated rings. The Balaban J connectivity index is 2.73. The SMILES string of the molecule is COCC(O)CN(C)Cc1ccc(F)cc1C(=N)N. The minimum absolute atomic E-state index is 0.166. The third-order valence-corrected chi connectivity index (χ3v) is 2.68. The molecule has 5 nitrogen and oxygen atoms in total. The highest BCUT2D eigenvalue weighted by Crippen LogP contribution is 2.13. The van der Waals surface area contributed by atoms with Gasteiger partial charge in [0.1, 0.15) is 11.7 Å². The average molecular weight is 269 g/mol. The van der Waals surface area contributed by atoms with Gasteiger partial charge in [-0.1, -0.05) is 6.07 Å². The Hall–Kier alpha value is -1.50. The number of nitrogens with one attached hydrogen (secondary N) is 1. The van der Waals surface area contributed by atoms with Crippen LogP contribution in [0, 0.1) is 11.2 Å². The fourth-order valence-corrected chi connectivity index (χ4v) is 1.90. The largest absolute Gasteiger partial charge is 0.389 e. The van der Waals surface area contributed by atoms with Crippen LogP contribution in [0.2, 0.25) is 0 Å². The van der Waals surface area contributed by atoms with E-state index in [2.05, 4.69) is 0 Å². The fourth-order valence-electron chi connectivity index (χ4n) is 1.90. The number of amidine groups is 1. The summed E-state index contributed by atoms with van der Waals surface area (Å²) in [5.41, 5.74) is 6.57. The van der Waals surface area contributed by atoms with E-state index in [1.54, 1.807) is 6.07 Å². The lowest BCUT2D eigenvalue weighted by atomic mass is 10.1. The molecule has 0 saturated heterocycles. The lowest BCUT2D eigenvalue weighted by Gasteiger charge is -2.21. The van der Waals surface area contributed by atoms with Crippen LogP contribution in [-0.2, 0) is 11.3 Å². The van der Waals surface area contributed by atoms with E-state index in [1.165, 1.54) is 19.2 Å². The van der Waals surface area contributed by atoms with E-state index in [-0.39, 0.29) is 12.4 Å². The Morgan fingerprint density at radius 2 is 2.26 bits per heavy atom. The number of aliphatic hydroxyl groups excluding tert-OH is 1. The highest BCUT2D eigenvalue weighted by molar-refractivity contribution is 5.96. The molecule has 4 N–H and O–H groups in total. The van der Waals surface area contributed by atoms with Crippen molar-refractivity contribution < 1.29 is 14.2 Å². The Labute approximate surface area is 112 Å². The van der Waals surface area contributed by atoms with Gasteiger partial charge in [0.15, 0.2) is 0 Å². The zero-order valence-electron chi connectivity index (χ0n) is 11.2. The number of nitrogen functional groups attached to an aromatic ring is 1. The summed E-state index contributed by atoms with van der Waals surface area (Å²) in [6.45, 7) is 1.14. The molecule has 0 aliphatic heterocycles. The molecule has 6 heteroatoms. The molecule has 1 aromatic rings. The second-order valence-electron chi connectivity index (χ2n) is 4.52. The molecule has 0 bridgehead atoms. The summed E-state index contributed by atoms with van der Waals surface area (Å²) in [4.78, 5) is 1.86. The van der Waals surface area contributed by atoms with Gasteiger partial charge in [0.2, 0.25) is 0 Å². The van der Waals surface area contributed by atoms with Crippen LogP contribution >= 0.6 is 0 Å². The van der Waals surface area contributed by atoms with Crippen LogP contribution in [0.1, 0.15) is 11.1 Å². The van der Waals surface area contributed by atoms with Crippen molar-refractivity contribution in [2.45, 2.75) is 12.6 Å². The van der Waals surface area contributed by atoms with Gasteiger partial charge in [-0.3, -0.25) is 10.3 Å². The van der Waals surface area contributed by atoms with Crippen LogP contribution in [0.25, 0.3) is 0 Å². The van der Waals surface area contributed by atoms with Crippen molar-refractivity contribution in [1.29, 1.82) is 5.41 Å². The number of halogens is 1. The van der Waals surface area contributed by atoms with Gasteiger partial charge in [-0.15, -0.1) is 0 Å². The van der Waals surface area contributed by atoms with E-state index in [0.717, 1.165) is 5.56 Å². The molecule has 0 aliphatic rings. The van der Waals surface area contributed by atoms with Gasteiger partial charge in [-0.25, -0.2) is 4.39 Å². The zero-order chi connectivity index (χ0) is 14.4. The van der Waals surface area contributed by atoms with Crippen LogP contribution in [0.4, 0.5) is 4.39 Å². The molecule has 106 valence electrons. The Kier molecular flexibility index (Phi) is 5.88. The molecular weight excluding hydrogens is 249 g/mol. The third-order valence-electron chi connectivity index (χ3n) is 2.68. The number of ether oxygens (including phenoxy) is 1. The van der Waals surface area contributed by atoms with E-state index in [1.807, 2.05) is 11.9 Å². The number of aliphatic hydroxyl groups is 1. The summed E-state index contributed by atoms with van der Waals surface area (Å²) < 4.78 is 18.0. The van der Waals surface area contributed by atoms with Crippen molar-refractivity contribution >= 4 is 5.84 Å². The predicted octanol–water partition coefficient (Wildman–Crippen LogP) is 0.549. The minimum Gasteiger partial charge on any atom is -0.389 e. The topological polar surface area (TPSA) is 82.6 Å². The molecule has 0 amide bonds. The van der Waals surface area contributed by atoms with Crippen molar-refractivity contribution in [1.82, 2.24) is 4.90 Å². The quantitative estimate of drug-likeness (QED) is 0.498. The van der Waals surface area contributed by atoms with E-state index in [0.29, 0.717) is 18.7 Å². The monoisotopic (exact) mass is 269 g/mol. The molecule has 0 saturated carbocycles. The van der Waals surface area contributed by atoms with Crippen LogP contribution in [-0.4, -0.2) is 49.3 Å². The number of rotatable bonds is 7. The van der Waals surface area contributed by atoms with E-state index in [4.69, 9.17) is 15.9 Å².